The first-order valence-corrected chi connectivity index (χ1v) is 7.00. The first-order valence-electron chi connectivity index (χ1n) is 5.43. The molecule has 126 valence electrons. The van der Waals surface area contributed by atoms with Gasteiger partial charge in [0.25, 0.3) is 0 Å². The molecule has 2 atom stereocenters. The summed E-state index contributed by atoms with van der Waals surface area (Å²) in [6.45, 7) is -2.33. The van der Waals surface area contributed by atoms with E-state index in [1.165, 1.54) is 0 Å². The number of halogens is 6. The van der Waals surface area contributed by atoms with E-state index < -0.39 is 50.7 Å². The van der Waals surface area contributed by atoms with Crippen LogP contribution in [0.15, 0.2) is 0 Å². The molecule has 0 rings (SSSR count). The van der Waals surface area contributed by atoms with Gasteiger partial charge in [-0.1, -0.05) is 6.92 Å². The van der Waals surface area contributed by atoms with Crippen molar-refractivity contribution in [1.82, 2.24) is 0 Å². The highest BCUT2D eigenvalue weighted by molar-refractivity contribution is 7.55. The van der Waals surface area contributed by atoms with Crippen molar-refractivity contribution in [3.63, 3.8) is 0 Å². The maximum atomic E-state index is 12.0. The van der Waals surface area contributed by atoms with Gasteiger partial charge < -0.3 is 9.63 Å². The van der Waals surface area contributed by atoms with Crippen LogP contribution in [0, 0.1) is 0 Å². The summed E-state index contributed by atoms with van der Waals surface area (Å²) in [4.78, 5) is 20.9. The molecule has 21 heavy (non-hydrogen) atoms. The molecule has 0 heterocycles. The Hall–Kier alpha value is -0.800. The van der Waals surface area contributed by atoms with Crippen molar-refractivity contribution in [3.8, 4) is 0 Å². The number of carbonyl (C=O) groups excluding carboxylic acids is 1. The summed E-state index contributed by atoms with van der Waals surface area (Å²) in [5.41, 5.74) is 0. The van der Waals surface area contributed by atoms with E-state index >= 15 is 0 Å². The maximum Gasteiger partial charge on any atom is 0.422 e. The molecule has 0 radical (unpaired) electrons. The zero-order chi connectivity index (χ0) is 17.1. The van der Waals surface area contributed by atoms with Crippen molar-refractivity contribution in [1.29, 1.82) is 0 Å². The van der Waals surface area contributed by atoms with Gasteiger partial charge >= 0.3 is 25.9 Å². The molecule has 1 N–H and O–H groups in total. The van der Waals surface area contributed by atoms with Gasteiger partial charge in [-0.25, -0.2) is 0 Å². The Morgan fingerprint density at radius 2 is 1.52 bits per heavy atom. The summed E-state index contributed by atoms with van der Waals surface area (Å²) in [6.07, 6.45) is -10.4. The highest BCUT2D eigenvalue weighted by Crippen LogP contribution is 2.58. The smallest absolute Gasteiger partial charge is 0.422 e. The Balaban J connectivity index is 5.06. The number of ether oxygens (including phenoxy) is 1. The van der Waals surface area contributed by atoms with E-state index in [4.69, 9.17) is 0 Å². The molecule has 0 aliphatic rings. The summed E-state index contributed by atoms with van der Waals surface area (Å²) in [5, 5.41) is -2.54. The minimum absolute atomic E-state index is 0.560. The van der Waals surface area contributed by atoms with E-state index in [1.54, 1.807) is 0 Å². The fourth-order valence-corrected chi connectivity index (χ4v) is 2.37. The lowest BCUT2D eigenvalue weighted by atomic mass is 10.1. The van der Waals surface area contributed by atoms with Gasteiger partial charge in [-0.2, -0.15) is 26.3 Å². The Morgan fingerprint density at radius 3 is 1.86 bits per heavy atom. The predicted molar refractivity (Wildman–Crippen MR) is 57.5 cm³/mol. The van der Waals surface area contributed by atoms with Crippen LogP contribution in [-0.4, -0.2) is 41.6 Å². The molecule has 0 aromatic rings. The summed E-state index contributed by atoms with van der Waals surface area (Å²) in [6, 6.07) is 0. The molecule has 12 heteroatoms. The highest BCUT2D eigenvalue weighted by atomic mass is 31.2. The Bertz CT molecular complexity index is 420. The minimum atomic E-state index is -5.21. The zero-order valence-electron chi connectivity index (χ0n) is 10.9. The summed E-state index contributed by atoms with van der Waals surface area (Å²) in [5.74, 6) is -1.77. The van der Waals surface area contributed by atoms with Crippen molar-refractivity contribution in [2.24, 2.45) is 0 Å². The molecule has 0 aliphatic heterocycles. The zero-order valence-corrected chi connectivity index (χ0v) is 11.8. The third-order valence-electron chi connectivity index (χ3n) is 2.52. The second kappa shape index (κ2) is 6.53. The van der Waals surface area contributed by atoms with Crippen LogP contribution >= 0.6 is 7.60 Å². The van der Waals surface area contributed by atoms with Crippen LogP contribution in [0.25, 0.3) is 0 Å². The van der Waals surface area contributed by atoms with E-state index in [9.17, 15) is 40.6 Å². The van der Waals surface area contributed by atoms with Gasteiger partial charge in [0, 0.05) is 0 Å². The van der Waals surface area contributed by atoms with Gasteiger partial charge in [0.2, 0.25) is 0 Å². The highest BCUT2D eigenvalue weighted by Gasteiger charge is 2.53. The molecule has 0 bridgehead atoms. The van der Waals surface area contributed by atoms with Crippen LogP contribution in [-0.2, 0) is 18.6 Å². The number of alkyl halides is 6. The molecular weight excluding hydrogens is 333 g/mol. The lowest BCUT2D eigenvalue weighted by molar-refractivity contribution is -0.188. The van der Waals surface area contributed by atoms with Gasteiger partial charge in [-0.05, 0) is 13.3 Å². The molecular formula is C9H13F6O5P. The largest absolute Gasteiger partial charge is 0.455 e. The van der Waals surface area contributed by atoms with Gasteiger partial charge in [-0.3, -0.25) is 13.9 Å². The monoisotopic (exact) mass is 346 g/mol. The lowest BCUT2D eigenvalue weighted by Crippen LogP contribution is -2.39. The van der Waals surface area contributed by atoms with Crippen molar-refractivity contribution in [2.45, 2.75) is 37.8 Å². The predicted octanol–water partition coefficient (Wildman–Crippen LogP) is 3.02. The average Bonchev–Trinajstić information content (AvgIpc) is 2.30. The van der Waals surface area contributed by atoms with Gasteiger partial charge in [0.05, 0.1) is 0 Å². The van der Waals surface area contributed by atoms with E-state index in [-0.39, 0.29) is 0 Å². The molecule has 0 saturated heterocycles. The molecule has 0 saturated carbocycles. The van der Waals surface area contributed by atoms with Crippen LogP contribution < -0.4 is 0 Å². The third kappa shape index (κ3) is 6.23. The third-order valence-corrected chi connectivity index (χ3v) is 4.75. The van der Waals surface area contributed by atoms with Crippen LogP contribution in [0.4, 0.5) is 26.3 Å². The van der Waals surface area contributed by atoms with E-state index in [0.29, 0.717) is 6.92 Å². The van der Waals surface area contributed by atoms with Crippen LogP contribution in [0.3, 0.4) is 0 Å². The van der Waals surface area contributed by atoms with Gasteiger partial charge in [0.1, 0.15) is 0 Å². The van der Waals surface area contributed by atoms with Crippen molar-refractivity contribution in [2.75, 3.05) is 13.2 Å². The molecule has 0 aromatic carbocycles. The van der Waals surface area contributed by atoms with Crippen molar-refractivity contribution < 1.29 is 49.9 Å². The number of hydrogen-bond donors (Lipinski definition) is 1. The van der Waals surface area contributed by atoms with Crippen molar-refractivity contribution in [3.05, 3.63) is 0 Å². The summed E-state index contributed by atoms with van der Waals surface area (Å²) >= 11 is 0. The van der Waals surface area contributed by atoms with Crippen LogP contribution in [0.5, 0.6) is 0 Å². The van der Waals surface area contributed by atoms with E-state index in [0.717, 1.165) is 6.92 Å². The Morgan fingerprint density at radius 1 is 1.10 bits per heavy atom. The van der Waals surface area contributed by atoms with Crippen LogP contribution in [0.1, 0.15) is 20.3 Å². The number of rotatable bonds is 6. The first-order chi connectivity index (χ1) is 9.15. The molecule has 0 aromatic heterocycles. The molecule has 0 fully saturated rings. The minimum Gasteiger partial charge on any atom is -0.455 e. The fourth-order valence-electron chi connectivity index (χ4n) is 1.07. The summed E-state index contributed by atoms with van der Waals surface area (Å²) in [7, 11) is -5.21. The Labute approximate surface area is 115 Å². The first kappa shape index (κ1) is 20.2. The summed E-state index contributed by atoms with van der Waals surface area (Å²) < 4.78 is 91.0. The second-order valence-electron chi connectivity index (χ2n) is 4.23. The van der Waals surface area contributed by atoms with Gasteiger partial charge in [-0.15, -0.1) is 0 Å². The second-order valence-corrected chi connectivity index (χ2v) is 6.51. The maximum absolute atomic E-state index is 12.0. The quantitative estimate of drug-likeness (QED) is 0.455. The average molecular weight is 346 g/mol. The van der Waals surface area contributed by atoms with Crippen molar-refractivity contribution >= 4 is 13.6 Å². The standard InChI is InChI=1S/C9H13F6O5P/c1-3-7(2,6(16)19-4-8(10,11)12)21(17,18)20-5-9(13,14)15/h3-5H2,1-2H3,(H,17,18). The van der Waals surface area contributed by atoms with Gasteiger partial charge in [0.15, 0.2) is 18.4 Å². The topological polar surface area (TPSA) is 72.8 Å². The SMILES string of the molecule is CCC(C)(C(=O)OCC(F)(F)F)P(=O)(O)OCC(F)(F)F. The molecule has 0 spiro atoms. The normalized spacial score (nSPS) is 18.7. The number of hydrogen-bond acceptors (Lipinski definition) is 4. The Kier molecular flexibility index (Phi) is 6.28. The molecule has 0 aliphatic carbocycles. The molecule has 5 nitrogen and oxygen atoms in total. The van der Waals surface area contributed by atoms with E-state index in [1.807, 2.05) is 0 Å². The fraction of sp³-hybridized carbons (Fsp3) is 0.889. The van der Waals surface area contributed by atoms with Crippen LogP contribution in [0.2, 0.25) is 0 Å². The van der Waals surface area contributed by atoms with E-state index in [2.05, 4.69) is 9.26 Å². The lowest BCUT2D eigenvalue weighted by Gasteiger charge is -2.30. The number of carbonyl (C=O) groups is 1. The number of esters is 1. The molecule has 0 amide bonds. The molecule has 2 unspecified atom stereocenters.